The molecule has 90 valence electrons. The van der Waals surface area contributed by atoms with E-state index in [4.69, 9.17) is 0 Å². The van der Waals surface area contributed by atoms with Crippen LogP contribution in [0.1, 0.15) is 38.7 Å². The Kier molecular flexibility index (Phi) is 5.19. The minimum absolute atomic E-state index is 0.690. The molecule has 16 heavy (non-hydrogen) atoms. The Balaban J connectivity index is 2.93. The van der Waals surface area contributed by atoms with Crippen LogP contribution in [0.2, 0.25) is 0 Å². The van der Waals surface area contributed by atoms with Crippen molar-refractivity contribution in [2.45, 2.75) is 40.0 Å². The second-order valence-electron chi connectivity index (χ2n) is 4.29. The molecular formula is C12H20BrN3. The molecule has 3 nitrogen and oxygen atoms in total. The third-order valence-corrected chi connectivity index (χ3v) is 3.32. The molecule has 1 aromatic rings. The standard InChI is InChI=1S/C12H20BrN3/c1-5-9-11(13)12(14-4)16-10(15-9)7-6-8(2)3/h8H,5-7H2,1-4H3,(H,14,15,16). The highest BCUT2D eigenvalue weighted by Gasteiger charge is 2.10. The Morgan fingerprint density at radius 3 is 2.50 bits per heavy atom. The van der Waals surface area contributed by atoms with Crippen LogP contribution >= 0.6 is 15.9 Å². The smallest absolute Gasteiger partial charge is 0.144 e. The molecule has 4 heteroatoms. The van der Waals surface area contributed by atoms with Gasteiger partial charge >= 0.3 is 0 Å². The monoisotopic (exact) mass is 285 g/mol. The minimum atomic E-state index is 0.690. The zero-order chi connectivity index (χ0) is 12.1. The number of aryl methyl sites for hydroxylation is 2. The van der Waals surface area contributed by atoms with Gasteiger partial charge in [-0.1, -0.05) is 20.8 Å². The van der Waals surface area contributed by atoms with Crippen molar-refractivity contribution in [3.8, 4) is 0 Å². The van der Waals surface area contributed by atoms with Crippen LogP contribution in [0.5, 0.6) is 0 Å². The van der Waals surface area contributed by atoms with Gasteiger partial charge in [-0.15, -0.1) is 0 Å². The lowest BCUT2D eigenvalue weighted by molar-refractivity contribution is 0.573. The average molecular weight is 286 g/mol. The van der Waals surface area contributed by atoms with Gasteiger partial charge in [0.25, 0.3) is 0 Å². The second kappa shape index (κ2) is 6.18. The number of nitrogens with zero attached hydrogens (tertiary/aromatic N) is 2. The molecule has 1 aromatic heterocycles. The van der Waals surface area contributed by atoms with Gasteiger partial charge in [0.2, 0.25) is 0 Å². The molecule has 0 spiro atoms. The lowest BCUT2D eigenvalue weighted by atomic mass is 10.1. The first-order valence-corrected chi connectivity index (χ1v) is 6.60. The molecule has 0 saturated carbocycles. The largest absolute Gasteiger partial charge is 0.372 e. The Morgan fingerprint density at radius 1 is 1.31 bits per heavy atom. The molecule has 1 rings (SSSR count). The summed E-state index contributed by atoms with van der Waals surface area (Å²) in [6.45, 7) is 6.55. The summed E-state index contributed by atoms with van der Waals surface area (Å²) in [7, 11) is 1.89. The second-order valence-corrected chi connectivity index (χ2v) is 5.08. The van der Waals surface area contributed by atoms with Crippen molar-refractivity contribution in [2.24, 2.45) is 5.92 Å². The van der Waals surface area contributed by atoms with Gasteiger partial charge in [0.1, 0.15) is 11.6 Å². The van der Waals surface area contributed by atoms with E-state index in [1.165, 1.54) is 0 Å². The van der Waals surface area contributed by atoms with Crippen molar-refractivity contribution in [3.63, 3.8) is 0 Å². The van der Waals surface area contributed by atoms with Gasteiger partial charge in [0.15, 0.2) is 0 Å². The van der Waals surface area contributed by atoms with E-state index in [0.29, 0.717) is 5.92 Å². The third kappa shape index (κ3) is 3.44. The zero-order valence-electron chi connectivity index (χ0n) is 10.5. The molecule has 0 aliphatic heterocycles. The highest BCUT2D eigenvalue weighted by molar-refractivity contribution is 9.10. The maximum Gasteiger partial charge on any atom is 0.144 e. The molecule has 0 fully saturated rings. The van der Waals surface area contributed by atoms with Crippen molar-refractivity contribution in [1.82, 2.24) is 9.97 Å². The molecule has 0 saturated heterocycles. The Labute approximate surface area is 106 Å². The first-order chi connectivity index (χ1) is 7.58. The van der Waals surface area contributed by atoms with Crippen LogP contribution in [-0.4, -0.2) is 17.0 Å². The summed E-state index contributed by atoms with van der Waals surface area (Å²) in [5, 5.41) is 3.10. The third-order valence-electron chi connectivity index (χ3n) is 2.48. The predicted octanol–water partition coefficient (Wildman–Crippen LogP) is 3.43. The van der Waals surface area contributed by atoms with Gasteiger partial charge in [0, 0.05) is 13.5 Å². The van der Waals surface area contributed by atoms with Gasteiger partial charge in [0.05, 0.1) is 10.2 Å². The fourth-order valence-corrected chi connectivity index (χ4v) is 2.13. The minimum Gasteiger partial charge on any atom is -0.372 e. The van der Waals surface area contributed by atoms with E-state index in [0.717, 1.165) is 41.1 Å². The molecule has 0 unspecified atom stereocenters. The van der Waals surface area contributed by atoms with Gasteiger partial charge in [-0.05, 0) is 34.7 Å². The summed E-state index contributed by atoms with van der Waals surface area (Å²) in [6, 6.07) is 0. The lowest BCUT2D eigenvalue weighted by Crippen LogP contribution is -2.06. The van der Waals surface area contributed by atoms with Crippen LogP contribution < -0.4 is 5.32 Å². The summed E-state index contributed by atoms with van der Waals surface area (Å²) in [5.74, 6) is 2.53. The van der Waals surface area contributed by atoms with Crippen LogP contribution in [0.3, 0.4) is 0 Å². The summed E-state index contributed by atoms with van der Waals surface area (Å²) in [6.07, 6.45) is 3.01. The highest BCUT2D eigenvalue weighted by atomic mass is 79.9. The van der Waals surface area contributed by atoms with Gasteiger partial charge in [-0.25, -0.2) is 9.97 Å². The summed E-state index contributed by atoms with van der Waals surface area (Å²) >= 11 is 3.53. The number of nitrogens with one attached hydrogen (secondary N) is 1. The highest BCUT2D eigenvalue weighted by Crippen LogP contribution is 2.24. The van der Waals surface area contributed by atoms with Crippen molar-refractivity contribution in [1.29, 1.82) is 0 Å². The molecule has 0 atom stereocenters. The molecule has 1 N–H and O–H groups in total. The van der Waals surface area contributed by atoms with Crippen molar-refractivity contribution in [3.05, 3.63) is 16.0 Å². The molecule has 0 aliphatic rings. The molecule has 0 bridgehead atoms. The molecule has 0 aromatic carbocycles. The van der Waals surface area contributed by atoms with Crippen LogP contribution in [-0.2, 0) is 12.8 Å². The van der Waals surface area contributed by atoms with E-state index >= 15 is 0 Å². The van der Waals surface area contributed by atoms with E-state index in [2.05, 4.69) is 52.0 Å². The van der Waals surface area contributed by atoms with Crippen LogP contribution in [0.4, 0.5) is 5.82 Å². The van der Waals surface area contributed by atoms with E-state index in [-0.39, 0.29) is 0 Å². The Bertz CT molecular complexity index is 325. The number of hydrogen-bond acceptors (Lipinski definition) is 3. The molecule has 1 heterocycles. The van der Waals surface area contributed by atoms with E-state index < -0.39 is 0 Å². The Morgan fingerprint density at radius 2 is 2.00 bits per heavy atom. The topological polar surface area (TPSA) is 37.8 Å². The molecule has 0 amide bonds. The Hall–Kier alpha value is -0.640. The number of halogens is 1. The average Bonchev–Trinajstić information content (AvgIpc) is 2.27. The first kappa shape index (κ1) is 13.4. The van der Waals surface area contributed by atoms with E-state index in [1.807, 2.05) is 7.05 Å². The van der Waals surface area contributed by atoms with Gasteiger partial charge < -0.3 is 5.32 Å². The fourth-order valence-electron chi connectivity index (χ4n) is 1.47. The number of rotatable bonds is 5. The van der Waals surface area contributed by atoms with E-state index in [1.54, 1.807) is 0 Å². The zero-order valence-corrected chi connectivity index (χ0v) is 12.1. The van der Waals surface area contributed by atoms with Crippen LogP contribution in [0.15, 0.2) is 4.47 Å². The number of aromatic nitrogens is 2. The maximum absolute atomic E-state index is 4.57. The van der Waals surface area contributed by atoms with Crippen LogP contribution in [0.25, 0.3) is 0 Å². The predicted molar refractivity (Wildman–Crippen MR) is 71.8 cm³/mol. The van der Waals surface area contributed by atoms with Gasteiger partial charge in [-0.2, -0.15) is 0 Å². The van der Waals surface area contributed by atoms with Gasteiger partial charge in [-0.3, -0.25) is 0 Å². The van der Waals surface area contributed by atoms with Crippen molar-refractivity contribution < 1.29 is 0 Å². The lowest BCUT2D eigenvalue weighted by Gasteiger charge is -2.10. The van der Waals surface area contributed by atoms with Crippen LogP contribution in [0, 0.1) is 5.92 Å². The SMILES string of the molecule is CCc1nc(CCC(C)C)nc(NC)c1Br. The normalized spacial score (nSPS) is 10.9. The quantitative estimate of drug-likeness (QED) is 0.901. The maximum atomic E-state index is 4.57. The summed E-state index contributed by atoms with van der Waals surface area (Å²) in [5.41, 5.74) is 1.08. The number of anilines is 1. The fraction of sp³-hybridized carbons (Fsp3) is 0.667. The first-order valence-electron chi connectivity index (χ1n) is 5.81. The molecule has 0 radical (unpaired) electrons. The van der Waals surface area contributed by atoms with Crippen molar-refractivity contribution >= 4 is 21.7 Å². The van der Waals surface area contributed by atoms with Crippen molar-refractivity contribution in [2.75, 3.05) is 12.4 Å². The molecule has 0 aliphatic carbocycles. The summed E-state index contributed by atoms with van der Waals surface area (Å²) < 4.78 is 0.991. The molecular weight excluding hydrogens is 266 g/mol. The summed E-state index contributed by atoms with van der Waals surface area (Å²) in [4.78, 5) is 9.08. The van der Waals surface area contributed by atoms with E-state index in [9.17, 15) is 0 Å². The number of hydrogen-bond donors (Lipinski definition) is 1.